The Morgan fingerprint density at radius 1 is 1.22 bits per heavy atom. The molecule has 4 rings (SSSR count). The lowest BCUT2D eigenvalue weighted by Gasteiger charge is -2.41. The molecule has 0 radical (unpaired) electrons. The van der Waals surface area contributed by atoms with Crippen molar-refractivity contribution in [1.82, 2.24) is 14.8 Å². The number of carbonyl (C=O) groups excluding carboxylic acids is 2. The number of piperazine rings is 1. The second kappa shape index (κ2) is 9.67. The van der Waals surface area contributed by atoms with Crippen LogP contribution in [0.1, 0.15) is 58.4 Å². The normalized spacial score (nSPS) is 20.0. The van der Waals surface area contributed by atoms with Crippen LogP contribution in [0.15, 0.2) is 18.3 Å². The van der Waals surface area contributed by atoms with E-state index in [1.54, 1.807) is 12.3 Å². The zero-order valence-electron chi connectivity index (χ0n) is 19.0. The number of aromatic nitrogens is 1. The van der Waals surface area contributed by atoms with E-state index in [1.807, 2.05) is 18.7 Å². The van der Waals surface area contributed by atoms with Crippen LogP contribution >= 0.6 is 11.3 Å². The third-order valence-electron chi connectivity index (χ3n) is 6.67. The first-order chi connectivity index (χ1) is 15.3. The van der Waals surface area contributed by atoms with Gasteiger partial charge >= 0.3 is 0 Å². The van der Waals surface area contributed by atoms with Gasteiger partial charge in [-0.05, 0) is 56.9 Å². The van der Waals surface area contributed by atoms with Gasteiger partial charge in [-0.3, -0.25) is 14.5 Å². The predicted molar refractivity (Wildman–Crippen MR) is 124 cm³/mol. The number of nitrogens with one attached hydrogen (secondary N) is 1. The van der Waals surface area contributed by atoms with Crippen LogP contribution in [0, 0.1) is 25.6 Å². The van der Waals surface area contributed by atoms with Crippen LogP contribution in [0.25, 0.3) is 0 Å². The van der Waals surface area contributed by atoms with Crippen LogP contribution < -0.4 is 5.32 Å². The average Bonchev–Trinajstić information content (AvgIpc) is 3.43. The molecule has 1 aromatic carbocycles. The van der Waals surface area contributed by atoms with Crippen LogP contribution in [0.4, 0.5) is 10.1 Å². The minimum absolute atomic E-state index is 0.138. The van der Waals surface area contributed by atoms with E-state index < -0.39 is 0 Å². The van der Waals surface area contributed by atoms with E-state index in [2.05, 4.69) is 22.1 Å². The standard InChI is InChI=1S/C24H31FN4O2S/c1-15-13-28(8-9-29(15)24(31)18-6-4-5-7-18)14-19-10-20(25)11-21(16(19)2)27-23(30)22-12-26-17(3)32-22/h10-12,15,18H,4-9,13-14H2,1-3H3,(H,27,30). The van der Waals surface area contributed by atoms with Gasteiger partial charge in [-0.1, -0.05) is 12.8 Å². The Bertz CT molecular complexity index is 1000. The van der Waals surface area contributed by atoms with Gasteiger partial charge < -0.3 is 10.2 Å². The van der Waals surface area contributed by atoms with Crippen molar-refractivity contribution in [3.8, 4) is 0 Å². The third-order valence-corrected chi connectivity index (χ3v) is 7.58. The van der Waals surface area contributed by atoms with Crippen LogP contribution in [0.3, 0.4) is 0 Å². The molecule has 1 unspecified atom stereocenters. The summed E-state index contributed by atoms with van der Waals surface area (Å²) in [5, 5.41) is 3.65. The van der Waals surface area contributed by atoms with Crippen molar-refractivity contribution in [3.05, 3.63) is 45.2 Å². The molecule has 172 valence electrons. The maximum absolute atomic E-state index is 14.4. The summed E-state index contributed by atoms with van der Waals surface area (Å²) in [5.41, 5.74) is 2.20. The summed E-state index contributed by atoms with van der Waals surface area (Å²) in [6.07, 6.45) is 5.89. The molecule has 6 nitrogen and oxygen atoms in total. The van der Waals surface area contributed by atoms with Gasteiger partial charge in [0.1, 0.15) is 10.7 Å². The quantitative estimate of drug-likeness (QED) is 0.722. The maximum Gasteiger partial charge on any atom is 0.267 e. The predicted octanol–water partition coefficient (Wildman–Crippen LogP) is 4.37. The number of hydrogen-bond acceptors (Lipinski definition) is 5. The summed E-state index contributed by atoms with van der Waals surface area (Å²) in [6, 6.07) is 3.05. The Morgan fingerprint density at radius 3 is 2.62 bits per heavy atom. The Balaban J connectivity index is 1.42. The van der Waals surface area contributed by atoms with Gasteiger partial charge in [0.05, 0.1) is 11.2 Å². The Kier molecular flexibility index (Phi) is 6.90. The zero-order valence-corrected chi connectivity index (χ0v) is 19.8. The molecule has 2 aliphatic rings. The maximum atomic E-state index is 14.4. The molecule has 1 atom stereocenters. The largest absolute Gasteiger partial charge is 0.337 e. The summed E-state index contributed by atoms with van der Waals surface area (Å²) < 4.78 is 14.4. The van der Waals surface area contributed by atoms with Crippen molar-refractivity contribution < 1.29 is 14.0 Å². The van der Waals surface area contributed by atoms with E-state index in [4.69, 9.17) is 0 Å². The van der Waals surface area contributed by atoms with Crippen LogP contribution in [0.2, 0.25) is 0 Å². The number of nitrogens with zero attached hydrogens (tertiary/aromatic N) is 3. The summed E-state index contributed by atoms with van der Waals surface area (Å²) >= 11 is 1.31. The molecular weight excluding hydrogens is 427 g/mol. The fraction of sp³-hybridized carbons (Fsp3) is 0.542. The van der Waals surface area contributed by atoms with Crippen LogP contribution in [0.5, 0.6) is 0 Å². The van der Waals surface area contributed by atoms with Gasteiger partial charge in [0.15, 0.2) is 0 Å². The molecule has 0 bridgehead atoms. The smallest absolute Gasteiger partial charge is 0.267 e. The highest BCUT2D eigenvalue weighted by atomic mass is 32.1. The SMILES string of the molecule is Cc1ncc(C(=O)Nc2cc(F)cc(CN3CCN(C(=O)C4CCCC4)C(C)C3)c2C)s1. The number of halogens is 1. The van der Waals surface area contributed by atoms with Crippen molar-refractivity contribution in [2.24, 2.45) is 5.92 Å². The molecule has 1 aliphatic heterocycles. The Morgan fingerprint density at radius 2 is 1.97 bits per heavy atom. The van der Waals surface area contributed by atoms with E-state index in [1.165, 1.54) is 17.4 Å². The molecule has 32 heavy (non-hydrogen) atoms. The summed E-state index contributed by atoms with van der Waals surface area (Å²) in [4.78, 5) is 34.3. The van der Waals surface area contributed by atoms with Gasteiger partial charge in [-0.2, -0.15) is 0 Å². The van der Waals surface area contributed by atoms with E-state index in [-0.39, 0.29) is 23.7 Å². The fourth-order valence-corrected chi connectivity index (χ4v) is 5.50. The molecular formula is C24H31FN4O2S. The molecule has 1 N–H and O–H groups in total. The van der Waals surface area contributed by atoms with Crippen LogP contribution in [-0.4, -0.2) is 52.3 Å². The van der Waals surface area contributed by atoms with Crippen molar-refractivity contribution >= 4 is 28.8 Å². The lowest BCUT2D eigenvalue weighted by atomic mass is 10.0. The monoisotopic (exact) mass is 458 g/mol. The van der Waals surface area contributed by atoms with Gasteiger partial charge in [-0.15, -0.1) is 11.3 Å². The highest BCUT2D eigenvalue weighted by molar-refractivity contribution is 7.13. The van der Waals surface area contributed by atoms with Crippen molar-refractivity contribution in [2.45, 2.75) is 59.0 Å². The molecule has 0 spiro atoms. The van der Waals surface area contributed by atoms with Gasteiger partial charge in [-0.25, -0.2) is 9.37 Å². The first kappa shape index (κ1) is 22.9. The Labute approximate surface area is 192 Å². The lowest BCUT2D eigenvalue weighted by Crippen LogP contribution is -2.54. The third kappa shape index (κ3) is 5.02. The summed E-state index contributed by atoms with van der Waals surface area (Å²) in [6.45, 7) is 8.67. The summed E-state index contributed by atoms with van der Waals surface area (Å²) in [7, 11) is 0. The second-order valence-corrected chi connectivity index (χ2v) is 10.3. The number of thiazole rings is 1. The highest BCUT2D eigenvalue weighted by Gasteiger charge is 2.33. The van der Waals surface area contributed by atoms with E-state index in [9.17, 15) is 14.0 Å². The van der Waals surface area contributed by atoms with Crippen LogP contribution in [-0.2, 0) is 11.3 Å². The zero-order chi connectivity index (χ0) is 22.8. The second-order valence-electron chi connectivity index (χ2n) is 9.03. The van der Waals surface area contributed by atoms with Gasteiger partial charge in [0.2, 0.25) is 5.91 Å². The average molecular weight is 459 g/mol. The molecule has 2 heterocycles. The summed E-state index contributed by atoms with van der Waals surface area (Å²) in [5.74, 6) is -0.143. The van der Waals surface area contributed by atoms with E-state index >= 15 is 0 Å². The fourth-order valence-electron chi connectivity index (χ4n) is 4.83. The Hall–Kier alpha value is -2.32. The van der Waals surface area contributed by atoms with Crippen molar-refractivity contribution in [2.75, 3.05) is 25.0 Å². The topological polar surface area (TPSA) is 65.5 Å². The highest BCUT2D eigenvalue weighted by Crippen LogP contribution is 2.29. The minimum Gasteiger partial charge on any atom is -0.337 e. The van der Waals surface area contributed by atoms with E-state index in [0.717, 1.165) is 54.9 Å². The molecule has 1 aliphatic carbocycles. The molecule has 1 saturated carbocycles. The number of aryl methyl sites for hydroxylation is 1. The number of benzene rings is 1. The number of hydrogen-bond donors (Lipinski definition) is 1. The van der Waals surface area contributed by atoms with Gasteiger partial charge in [0, 0.05) is 43.8 Å². The molecule has 2 aromatic rings. The first-order valence-electron chi connectivity index (χ1n) is 11.4. The molecule has 1 saturated heterocycles. The number of carbonyl (C=O) groups is 2. The van der Waals surface area contributed by atoms with Crippen molar-refractivity contribution in [3.63, 3.8) is 0 Å². The molecule has 2 amide bonds. The number of rotatable bonds is 5. The molecule has 8 heteroatoms. The van der Waals surface area contributed by atoms with Gasteiger partial charge in [0.25, 0.3) is 5.91 Å². The number of amides is 2. The van der Waals surface area contributed by atoms with Crippen molar-refractivity contribution in [1.29, 1.82) is 0 Å². The number of anilines is 1. The lowest BCUT2D eigenvalue weighted by molar-refractivity contribution is -0.140. The molecule has 1 aromatic heterocycles. The minimum atomic E-state index is -0.371. The first-order valence-corrected chi connectivity index (χ1v) is 12.2. The molecule has 2 fully saturated rings. The van der Waals surface area contributed by atoms with E-state index in [0.29, 0.717) is 29.6 Å².